The zero-order chi connectivity index (χ0) is 22.1. The van der Waals surface area contributed by atoms with Gasteiger partial charge in [-0.3, -0.25) is 4.79 Å². The molecular weight excluding hydrogens is 398 g/mol. The molecule has 162 valence electrons. The second-order valence-corrected chi connectivity index (χ2v) is 8.30. The highest BCUT2D eigenvalue weighted by Crippen LogP contribution is 2.53. The third-order valence-electron chi connectivity index (χ3n) is 6.70. The quantitative estimate of drug-likeness (QED) is 0.516. The highest BCUT2D eigenvalue weighted by molar-refractivity contribution is 6.08. The van der Waals surface area contributed by atoms with Crippen molar-refractivity contribution in [3.05, 3.63) is 95.6 Å². The number of benzene rings is 3. The highest BCUT2D eigenvalue weighted by Gasteiger charge is 2.60. The molecule has 0 aromatic heterocycles. The van der Waals surface area contributed by atoms with Crippen LogP contribution >= 0.6 is 0 Å². The highest BCUT2D eigenvalue weighted by atomic mass is 16.5. The fraction of sp³-hybridized carbons (Fsp3) is 0.296. The van der Waals surface area contributed by atoms with Crippen molar-refractivity contribution in [1.82, 2.24) is 0 Å². The second kappa shape index (κ2) is 8.23. The van der Waals surface area contributed by atoms with Gasteiger partial charge in [0.2, 0.25) is 5.78 Å². The van der Waals surface area contributed by atoms with Crippen molar-refractivity contribution >= 4 is 11.5 Å². The third kappa shape index (κ3) is 3.11. The van der Waals surface area contributed by atoms with E-state index in [1.54, 1.807) is 0 Å². The van der Waals surface area contributed by atoms with E-state index in [0.717, 1.165) is 24.2 Å². The molecule has 0 saturated carbocycles. The summed E-state index contributed by atoms with van der Waals surface area (Å²) in [6.45, 7) is 6.67. The standard InChI is InChI=1S/C27H27N3O2/c1-3-30(4-2)21-16-14-19(15-17-21)23-18-28-29-27(23)25(31)22-12-8-9-13-24(22)32-26(27)20-10-6-5-7-11-20/h5-17,23,26H,3-4,18H2,1-2H3. The lowest BCUT2D eigenvalue weighted by atomic mass is 9.69. The Balaban J connectivity index is 1.62. The van der Waals surface area contributed by atoms with Crippen LogP contribution in [0.3, 0.4) is 0 Å². The fourth-order valence-corrected chi connectivity index (χ4v) is 5.01. The lowest BCUT2D eigenvalue weighted by molar-refractivity contribution is 0.0521. The number of ketones is 1. The zero-order valence-corrected chi connectivity index (χ0v) is 18.4. The monoisotopic (exact) mass is 425 g/mol. The predicted molar refractivity (Wildman–Crippen MR) is 126 cm³/mol. The summed E-state index contributed by atoms with van der Waals surface area (Å²) in [5, 5.41) is 9.07. The average Bonchev–Trinajstić information content (AvgIpc) is 3.29. The van der Waals surface area contributed by atoms with Crippen LogP contribution in [0.2, 0.25) is 0 Å². The summed E-state index contributed by atoms with van der Waals surface area (Å²) in [4.78, 5) is 16.3. The van der Waals surface area contributed by atoms with Gasteiger partial charge in [-0.25, -0.2) is 0 Å². The van der Waals surface area contributed by atoms with E-state index in [9.17, 15) is 4.79 Å². The topological polar surface area (TPSA) is 54.3 Å². The Labute approximate surface area is 188 Å². The van der Waals surface area contributed by atoms with Crippen LogP contribution in [0.15, 0.2) is 89.1 Å². The van der Waals surface area contributed by atoms with Gasteiger partial charge >= 0.3 is 0 Å². The molecule has 3 atom stereocenters. The first-order chi connectivity index (χ1) is 15.7. The average molecular weight is 426 g/mol. The Hall–Kier alpha value is -3.47. The van der Waals surface area contributed by atoms with Gasteiger partial charge in [0, 0.05) is 24.7 Å². The number of anilines is 1. The molecular formula is C27H27N3O2. The van der Waals surface area contributed by atoms with E-state index < -0.39 is 11.6 Å². The first-order valence-corrected chi connectivity index (χ1v) is 11.3. The number of Topliss-reactive ketones (excluding diaryl/α,β-unsaturated/α-hetero) is 1. The minimum Gasteiger partial charge on any atom is -0.482 e. The number of hydrogen-bond donors (Lipinski definition) is 0. The van der Waals surface area contributed by atoms with E-state index in [4.69, 9.17) is 4.74 Å². The van der Waals surface area contributed by atoms with Crippen molar-refractivity contribution in [3.63, 3.8) is 0 Å². The first kappa shape index (κ1) is 20.4. The Morgan fingerprint density at radius 1 is 0.906 bits per heavy atom. The van der Waals surface area contributed by atoms with E-state index in [1.807, 2.05) is 54.6 Å². The van der Waals surface area contributed by atoms with Gasteiger partial charge in [0.25, 0.3) is 0 Å². The lowest BCUT2D eigenvalue weighted by Gasteiger charge is -2.41. The number of hydrogen-bond acceptors (Lipinski definition) is 5. The minimum atomic E-state index is -1.12. The largest absolute Gasteiger partial charge is 0.482 e. The summed E-state index contributed by atoms with van der Waals surface area (Å²) in [5.41, 5.74) is 2.62. The normalized spacial score (nSPS) is 23.8. The summed E-state index contributed by atoms with van der Waals surface area (Å²) in [5.74, 6) is 0.390. The van der Waals surface area contributed by atoms with Crippen LogP contribution in [0.4, 0.5) is 5.69 Å². The molecule has 0 fully saturated rings. The molecule has 2 aliphatic rings. The van der Waals surface area contributed by atoms with Crippen LogP contribution in [0, 0.1) is 0 Å². The lowest BCUT2D eigenvalue weighted by Crippen LogP contribution is -2.51. The Morgan fingerprint density at radius 3 is 2.31 bits per heavy atom. The minimum absolute atomic E-state index is 0.0210. The van der Waals surface area contributed by atoms with Crippen LogP contribution in [0.25, 0.3) is 0 Å². The van der Waals surface area contributed by atoms with Gasteiger partial charge in [0.05, 0.1) is 12.1 Å². The summed E-state index contributed by atoms with van der Waals surface area (Å²) in [6.07, 6.45) is -0.537. The Morgan fingerprint density at radius 2 is 1.59 bits per heavy atom. The summed E-state index contributed by atoms with van der Waals surface area (Å²) >= 11 is 0. The van der Waals surface area contributed by atoms with Gasteiger partial charge in [-0.15, -0.1) is 0 Å². The summed E-state index contributed by atoms with van der Waals surface area (Å²) in [7, 11) is 0. The number of para-hydroxylation sites is 1. The second-order valence-electron chi connectivity index (χ2n) is 8.30. The van der Waals surface area contributed by atoms with Crippen LogP contribution in [-0.4, -0.2) is 31.0 Å². The molecule has 0 N–H and O–H groups in total. The molecule has 0 amide bonds. The van der Waals surface area contributed by atoms with Crippen LogP contribution in [0.5, 0.6) is 5.75 Å². The fourth-order valence-electron chi connectivity index (χ4n) is 5.01. The maximum absolute atomic E-state index is 14.0. The van der Waals surface area contributed by atoms with Gasteiger partial charge < -0.3 is 9.64 Å². The van der Waals surface area contributed by atoms with Crippen molar-refractivity contribution in [2.24, 2.45) is 10.2 Å². The Bertz CT molecular complexity index is 1140. The first-order valence-electron chi connectivity index (χ1n) is 11.3. The van der Waals surface area contributed by atoms with Crippen molar-refractivity contribution in [2.45, 2.75) is 31.4 Å². The number of carbonyl (C=O) groups is 1. The van der Waals surface area contributed by atoms with Gasteiger partial charge in [-0.2, -0.15) is 10.2 Å². The van der Waals surface area contributed by atoms with E-state index in [0.29, 0.717) is 17.9 Å². The van der Waals surface area contributed by atoms with Crippen molar-refractivity contribution < 1.29 is 9.53 Å². The summed E-state index contributed by atoms with van der Waals surface area (Å²) in [6, 6.07) is 25.9. The Kier molecular flexibility index (Phi) is 5.25. The molecule has 5 nitrogen and oxygen atoms in total. The van der Waals surface area contributed by atoms with E-state index in [2.05, 4.69) is 53.2 Å². The molecule has 0 aliphatic carbocycles. The zero-order valence-electron chi connectivity index (χ0n) is 18.4. The van der Waals surface area contributed by atoms with Gasteiger partial charge in [0.1, 0.15) is 5.75 Å². The predicted octanol–water partition coefficient (Wildman–Crippen LogP) is 5.84. The number of rotatable bonds is 5. The number of ether oxygens (including phenoxy) is 1. The van der Waals surface area contributed by atoms with Crippen molar-refractivity contribution in [3.8, 4) is 5.75 Å². The van der Waals surface area contributed by atoms with Gasteiger partial charge in [-0.1, -0.05) is 54.6 Å². The molecule has 2 aliphatic heterocycles. The van der Waals surface area contributed by atoms with Gasteiger partial charge in [0.15, 0.2) is 11.6 Å². The molecule has 0 bridgehead atoms. The molecule has 2 heterocycles. The van der Waals surface area contributed by atoms with E-state index in [1.165, 1.54) is 5.69 Å². The number of fused-ring (bicyclic) bond motifs is 1. The molecule has 0 radical (unpaired) electrons. The molecule has 0 saturated heterocycles. The van der Waals surface area contributed by atoms with Crippen LogP contribution in [-0.2, 0) is 0 Å². The number of nitrogens with zero attached hydrogens (tertiary/aromatic N) is 3. The molecule has 3 aromatic rings. The smallest absolute Gasteiger partial charge is 0.200 e. The molecule has 5 heteroatoms. The maximum Gasteiger partial charge on any atom is 0.200 e. The van der Waals surface area contributed by atoms with Gasteiger partial charge in [-0.05, 0) is 49.2 Å². The molecule has 5 rings (SSSR count). The van der Waals surface area contributed by atoms with E-state index >= 15 is 0 Å². The van der Waals surface area contributed by atoms with Crippen molar-refractivity contribution in [2.75, 3.05) is 24.5 Å². The molecule has 3 unspecified atom stereocenters. The molecule has 1 spiro atoms. The van der Waals surface area contributed by atoms with Crippen molar-refractivity contribution in [1.29, 1.82) is 0 Å². The van der Waals surface area contributed by atoms with E-state index in [-0.39, 0.29) is 11.7 Å². The summed E-state index contributed by atoms with van der Waals surface area (Å²) < 4.78 is 6.49. The third-order valence-corrected chi connectivity index (χ3v) is 6.70. The van der Waals surface area contributed by atoms with Crippen LogP contribution < -0.4 is 9.64 Å². The number of azo groups is 1. The van der Waals surface area contributed by atoms with Crippen LogP contribution in [0.1, 0.15) is 47.4 Å². The maximum atomic E-state index is 14.0. The molecule has 3 aromatic carbocycles. The molecule has 32 heavy (non-hydrogen) atoms. The SMILES string of the molecule is CCN(CC)c1ccc(C2CN=NC23C(=O)c2ccccc2OC3c2ccccc2)cc1. The number of carbonyl (C=O) groups excluding carboxylic acids is 1.